The maximum absolute atomic E-state index is 12.4. The highest BCUT2D eigenvalue weighted by atomic mass is 79.9. The van der Waals surface area contributed by atoms with E-state index in [0.29, 0.717) is 0 Å². The largest absolute Gasteiger partial charge is 0.352 e. The molecule has 2 rings (SSSR count). The Morgan fingerprint density at radius 3 is 2.31 bits per heavy atom. The Balaban J connectivity index is 2.08. The second-order valence-electron chi connectivity index (χ2n) is 7.20. The van der Waals surface area contributed by atoms with Gasteiger partial charge in [0.05, 0.1) is 12.5 Å². The number of carbonyl (C=O) groups is 2. The van der Waals surface area contributed by atoms with E-state index < -0.39 is 12.1 Å². The lowest BCUT2D eigenvalue weighted by molar-refractivity contribution is -0.116. The molecule has 1 unspecified atom stereocenters. The molecule has 2 aromatic rings. The summed E-state index contributed by atoms with van der Waals surface area (Å²) in [5.74, 6) is -0.202. The summed E-state index contributed by atoms with van der Waals surface area (Å²) in [5, 5.41) is 5.49. The van der Waals surface area contributed by atoms with Crippen molar-refractivity contribution in [3.63, 3.8) is 0 Å². The molecule has 0 fully saturated rings. The van der Waals surface area contributed by atoms with Crippen LogP contribution in [0.15, 0.2) is 53.0 Å². The van der Waals surface area contributed by atoms with Gasteiger partial charge in [0.25, 0.3) is 0 Å². The third kappa shape index (κ3) is 5.88. The molecule has 0 aliphatic carbocycles. The van der Waals surface area contributed by atoms with Crippen LogP contribution in [0.5, 0.6) is 0 Å². The highest BCUT2D eigenvalue weighted by molar-refractivity contribution is 9.10. The zero-order valence-corrected chi connectivity index (χ0v) is 16.8. The first-order valence-corrected chi connectivity index (χ1v) is 9.16. The standard InChI is InChI=1S/C20H24BrN3O2/c1-20(2,3)14-7-9-16(10-8-14)23-18(25)12-17(24-19(22)26)13-5-4-6-15(21)11-13/h4-11,17H,12H2,1-3H3,(H,23,25)(H3,22,24,26). The van der Waals surface area contributed by atoms with Crippen LogP contribution in [0.3, 0.4) is 0 Å². The van der Waals surface area contributed by atoms with E-state index >= 15 is 0 Å². The van der Waals surface area contributed by atoms with E-state index in [0.717, 1.165) is 15.7 Å². The van der Waals surface area contributed by atoms with Crippen LogP contribution in [-0.2, 0) is 10.2 Å². The van der Waals surface area contributed by atoms with Crippen LogP contribution >= 0.6 is 15.9 Å². The molecule has 0 aliphatic rings. The van der Waals surface area contributed by atoms with Crippen LogP contribution in [-0.4, -0.2) is 11.9 Å². The highest BCUT2D eigenvalue weighted by Crippen LogP contribution is 2.24. The van der Waals surface area contributed by atoms with Crippen LogP contribution in [0.1, 0.15) is 44.4 Å². The Morgan fingerprint density at radius 2 is 1.77 bits per heavy atom. The summed E-state index contributed by atoms with van der Waals surface area (Å²) in [6, 6.07) is 14.0. The van der Waals surface area contributed by atoms with Crippen LogP contribution in [0.4, 0.5) is 10.5 Å². The molecule has 3 amide bonds. The molecule has 0 aliphatic heterocycles. The van der Waals surface area contributed by atoms with Gasteiger partial charge in [0.2, 0.25) is 5.91 Å². The van der Waals surface area contributed by atoms with Crippen molar-refractivity contribution < 1.29 is 9.59 Å². The van der Waals surface area contributed by atoms with Crippen LogP contribution < -0.4 is 16.4 Å². The lowest BCUT2D eigenvalue weighted by atomic mass is 9.87. The van der Waals surface area contributed by atoms with Gasteiger partial charge in [-0.05, 0) is 40.8 Å². The molecule has 0 spiro atoms. The Kier molecular flexibility index (Phi) is 6.42. The third-order valence-corrected chi connectivity index (χ3v) is 4.48. The van der Waals surface area contributed by atoms with Gasteiger partial charge in [-0.15, -0.1) is 0 Å². The van der Waals surface area contributed by atoms with Crippen molar-refractivity contribution in [2.24, 2.45) is 5.73 Å². The number of anilines is 1. The zero-order chi connectivity index (χ0) is 19.3. The summed E-state index contributed by atoms with van der Waals surface area (Å²) < 4.78 is 0.865. The number of primary amides is 1. The lowest BCUT2D eigenvalue weighted by Crippen LogP contribution is -2.35. The molecule has 2 aromatic carbocycles. The number of hydrogen-bond donors (Lipinski definition) is 3. The molecule has 0 aromatic heterocycles. The number of halogens is 1. The summed E-state index contributed by atoms with van der Waals surface area (Å²) >= 11 is 3.39. The fraction of sp³-hybridized carbons (Fsp3) is 0.300. The van der Waals surface area contributed by atoms with Gasteiger partial charge in [-0.3, -0.25) is 4.79 Å². The van der Waals surface area contributed by atoms with E-state index in [2.05, 4.69) is 47.3 Å². The number of benzene rings is 2. The van der Waals surface area contributed by atoms with Crippen LogP contribution in [0, 0.1) is 0 Å². The number of carbonyl (C=O) groups excluding carboxylic acids is 2. The summed E-state index contributed by atoms with van der Waals surface area (Å²) in [5.41, 5.74) is 8.03. The second kappa shape index (κ2) is 8.36. The number of hydrogen-bond acceptors (Lipinski definition) is 2. The van der Waals surface area contributed by atoms with Gasteiger partial charge < -0.3 is 16.4 Å². The molecule has 138 valence electrons. The van der Waals surface area contributed by atoms with Crippen LogP contribution in [0.2, 0.25) is 0 Å². The molecular weight excluding hydrogens is 394 g/mol. The average molecular weight is 418 g/mol. The molecule has 0 radical (unpaired) electrons. The topological polar surface area (TPSA) is 84.2 Å². The Bertz CT molecular complexity index is 782. The number of rotatable bonds is 5. The number of nitrogens with one attached hydrogen (secondary N) is 2. The zero-order valence-electron chi connectivity index (χ0n) is 15.2. The molecule has 0 saturated heterocycles. The van der Waals surface area contributed by atoms with E-state index in [1.54, 1.807) is 0 Å². The average Bonchev–Trinajstić information content (AvgIpc) is 2.53. The maximum atomic E-state index is 12.4. The molecular formula is C20H24BrN3O2. The molecule has 1 atom stereocenters. The summed E-state index contributed by atoms with van der Waals surface area (Å²) in [4.78, 5) is 23.7. The minimum Gasteiger partial charge on any atom is -0.352 e. The Morgan fingerprint density at radius 1 is 1.12 bits per heavy atom. The van der Waals surface area contributed by atoms with E-state index in [9.17, 15) is 9.59 Å². The summed E-state index contributed by atoms with van der Waals surface area (Å²) in [6.07, 6.45) is 0.0837. The number of nitrogens with two attached hydrogens (primary N) is 1. The van der Waals surface area contributed by atoms with Crippen molar-refractivity contribution >= 4 is 33.6 Å². The SMILES string of the molecule is CC(C)(C)c1ccc(NC(=O)CC(NC(N)=O)c2cccc(Br)c2)cc1. The van der Waals surface area contributed by atoms with Crippen molar-refractivity contribution in [2.75, 3.05) is 5.32 Å². The van der Waals surface area contributed by atoms with Crippen molar-refractivity contribution in [3.8, 4) is 0 Å². The van der Waals surface area contributed by atoms with Gasteiger partial charge in [0.1, 0.15) is 0 Å². The lowest BCUT2D eigenvalue weighted by Gasteiger charge is -2.20. The monoisotopic (exact) mass is 417 g/mol. The maximum Gasteiger partial charge on any atom is 0.312 e. The Labute approximate surface area is 162 Å². The number of urea groups is 1. The minimum atomic E-state index is -0.669. The molecule has 26 heavy (non-hydrogen) atoms. The predicted molar refractivity (Wildman–Crippen MR) is 108 cm³/mol. The van der Waals surface area contributed by atoms with Crippen molar-refractivity contribution in [2.45, 2.75) is 38.6 Å². The number of amides is 3. The van der Waals surface area contributed by atoms with Crippen molar-refractivity contribution in [3.05, 3.63) is 64.1 Å². The smallest absolute Gasteiger partial charge is 0.312 e. The van der Waals surface area contributed by atoms with Gasteiger partial charge in [-0.25, -0.2) is 4.79 Å². The third-order valence-electron chi connectivity index (χ3n) is 3.99. The first-order chi connectivity index (χ1) is 12.1. The van der Waals surface area contributed by atoms with Gasteiger partial charge >= 0.3 is 6.03 Å². The van der Waals surface area contributed by atoms with Gasteiger partial charge in [-0.2, -0.15) is 0 Å². The highest BCUT2D eigenvalue weighted by Gasteiger charge is 2.18. The van der Waals surface area contributed by atoms with E-state index in [1.807, 2.05) is 48.5 Å². The van der Waals surface area contributed by atoms with E-state index in [1.165, 1.54) is 5.56 Å². The molecule has 0 saturated carbocycles. The molecule has 5 nitrogen and oxygen atoms in total. The molecule has 6 heteroatoms. The van der Waals surface area contributed by atoms with Crippen LogP contribution in [0.25, 0.3) is 0 Å². The second-order valence-corrected chi connectivity index (χ2v) is 8.11. The first kappa shape index (κ1) is 20.0. The molecule has 0 bridgehead atoms. The fourth-order valence-electron chi connectivity index (χ4n) is 2.60. The van der Waals surface area contributed by atoms with E-state index in [-0.39, 0.29) is 17.7 Å². The molecule has 0 heterocycles. The molecule has 4 N–H and O–H groups in total. The van der Waals surface area contributed by atoms with Gasteiger partial charge in [-0.1, -0.05) is 61.0 Å². The quantitative estimate of drug-likeness (QED) is 0.669. The predicted octanol–water partition coefficient (Wildman–Crippen LogP) is 4.48. The normalized spacial score (nSPS) is 12.3. The first-order valence-electron chi connectivity index (χ1n) is 8.37. The fourth-order valence-corrected chi connectivity index (χ4v) is 3.02. The van der Waals surface area contributed by atoms with Gasteiger partial charge in [0.15, 0.2) is 0 Å². The van der Waals surface area contributed by atoms with E-state index in [4.69, 9.17) is 5.73 Å². The summed E-state index contributed by atoms with van der Waals surface area (Å²) in [6.45, 7) is 6.41. The van der Waals surface area contributed by atoms with Crippen molar-refractivity contribution in [1.82, 2.24) is 5.32 Å². The minimum absolute atomic E-state index is 0.0553. The Hall–Kier alpha value is -2.34. The van der Waals surface area contributed by atoms with Crippen molar-refractivity contribution in [1.29, 1.82) is 0 Å². The van der Waals surface area contributed by atoms with Gasteiger partial charge in [0, 0.05) is 10.2 Å². The summed E-state index contributed by atoms with van der Waals surface area (Å²) in [7, 11) is 0.